The van der Waals surface area contributed by atoms with Crippen LogP contribution >= 0.6 is 0 Å². The molecular weight excluding hydrogens is 220 g/mol. The monoisotopic (exact) mass is 239 g/mol. The summed E-state index contributed by atoms with van der Waals surface area (Å²) in [6.07, 6.45) is 0. The van der Waals surface area contributed by atoms with E-state index in [2.05, 4.69) is 5.32 Å². The minimum absolute atomic E-state index is 0.190. The number of hydrogen-bond acceptors (Lipinski definition) is 3. The molecule has 0 aliphatic rings. The molecule has 0 radical (unpaired) electrons. The maximum atomic E-state index is 11.9. The van der Waals surface area contributed by atoms with E-state index in [9.17, 15) is 9.59 Å². The SMILES string of the molecule is Cc1cc(=O)oc(C)c1C(=O)NCC[NH+](C)C. The molecule has 1 heterocycles. The van der Waals surface area contributed by atoms with Gasteiger partial charge in [-0.2, -0.15) is 0 Å². The van der Waals surface area contributed by atoms with Crippen LogP contribution in [0.5, 0.6) is 0 Å². The van der Waals surface area contributed by atoms with Crippen molar-refractivity contribution in [3.05, 3.63) is 33.4 Å². The highest BCUT2D eigenvalue weighted by atomic mass is 16.4. The van der Waals surface area contributed by atoms with E-state index in [4.69, 9.17) is 4.42 Å². The molecule has 0 bridgehead atoms. The van der Waals surface area contributed by atoms with Crippen molar-refractivity contribution in [3.8, 4) is 0 Å². The first kappa shape index (κ1) is 13.4. The van der Waals surface area contributed by atoms with Crippen LogP contribution in [0.2, 0.25) is 0 Å². The summed E-state index contributed by atoms with van der Waals surface area (Å²) in [5.41, 5.74) is 0.682. The second-order valence-electron chi connectivity index (χ2n) is 4.39. The Hall–Kier alpha value is -1.62. The van der Waals surface area contributed by atoms with Crippen LogP contribution in [-0.2, 0) is 0 Å². The molecule has 0 aliphatic carbocycles. The number of rotatable bonds is 4. The van der Waals surface area contributed by atoms with Gasteiger partial charge in [0.2, 0.25) is 0 Å². The number of nitrogens with one attached hydrogen (secondary N) is 2. The minimum atomic E-state index is -0.422. The molecule has 0 aliphatic heterocycles. The van der Waals surface area contributed by atoms with Crippen LogP contribution in [0.1, 0.15) is 21.7 Å². The molecule has 94 valence electrons. The van der Waals surface area contributed by atoms with Crippen molar-refractivity contribution in [2.24, 2.45) is 0 Å². The average molecular weight is 239 g/mol. The first-order valence-electron chi connectivity index (χ1n) is 5.60. The summed E-state index contributed by atoms with van der Waals surface area (Å²) in [6.45, 7) is 4.80. The third kappa shape index (κ3) is 3.71. The largest absolute Gasteiger partial charge is 0.427 e. The summed E-state index contributed by atoms with van der Waals surface area (Å²) in [5, 5.41) is 2.81. The molecule has 0 aromatic carbocycles. The van der Waals surface area contributed by atoms with Crippen LogP contribution < -0.4 is 15.8 Å². The lowest BCUT2D eigenvalue weighted by Crippen LogP contribution is -3.06. The third-order valence-electron chi connectivity index (χ3n) is 2.47. The quantitative estimate of drug-likeness (QED) is 0.718. The highest BCUT2D eigenvalue weighted by Crippen LogP contribution is 2.10. The molecule has 0 unspecified atom stereocenters. The highest BCUT2D eigenvalue weighted by molar-refractivity contribution is 5.96. The highest BCUT2D eigenvalue weighted by Gasteiger charge is 2.14. The average Bonchev–Trinajstić information content (AvgIpc) is 2.14. The minimum Gasteiger partial charge on any atom is -0.427 e. The standard InChI is InChI=1S/C12H18N2O3/c1-8-7-10(15)17-9(2)11(8)12(16)13-5-6-14(3)4/h7H,5-6H2,1-4H3,(H,13,16)/p+1. The summed E-state index contributed by atoms with van der Waals surface area (Å²) >= 11 is 0. The van der Waals surface area contributed by atoms with Gasteiger partial charge in [0, 0.05) is 6.07 Å². The zero-order chi connectivity index (χ0) is 13.0. The Kier molecular flexibility index (Phi) is 4.45. The molecule has 0 spiro atoms. The lowest BCUT2D eigenvalue weighted by molar-refractivity contribution is -0.856. The number of hydrogen-bond donors (Lipinski definition) is 2. The fourth-order valence-corrected chi connectivity index (χ4v) is 1.61. The Morgan fingerprint density at radius 3 is 2.59 bits per heavy atom. The fraction of sp³-hybridized carbons (Fsp3) is 0.500. The maximum Gasteiger partial charge on any atom is 0.336 e. The van der Waals surface area contributed by atoms with E-state index in [0.717, 1.165) is 6.54 Å². The van der Waals surface area contributed by atoms with Gasteiger partial charge in [0.15, 0.2) is 0 Å². The topological polar surface area (TPSA) is 63.8 Å². The van der Waals surface area contributed by atoms with Gasteiger partial charge in [-0.3, -0.25) is 4.79 Å². The van der Waals surface area contributed by atoms with Crippen LogP contribution in [-0.4, -0.2) is 33.1 Å². The predicted molar refractivity (Wildman–Crippen MR) is 64.5 cm³/mol. The van der Waals surface area contributed by atoms with E-state index < -0.39 is 5.63 Å². The van der Waals surface area contributed by atoms with Crippen molar-refractivity contribution in [3.63, 3.8) is 0 Å². The van der Waals surface area contributed by atoms with E-state index >= 15 is 0 Å². The molecule has 0 fully saturated rings. The lowest BCUT2D eigenvalue weighted by Gasteiger charge is -2.10. The molecule has 5 nitrogen and oxygen atoms in total. The van der Waals surface area contributed by atoms with Gasteiger partial charge in [-0.15, -0.1) is 0 Å². The zero-order valence-electron chi connectivity index (χ0n) is 10.7. The van der Waals surface area contributed by atoms with Crippen molar-refractivity contribution in [2.45, 2.75) is 13.8 Å². The molecule has 0 atom stereocenters. The summed E-state index contributed by atoms with van der Waals surface area (Å²) in [7, 11) is 4.04. The molecule has 1 rings (SSSR count). The molecule has 5 heteroatoms. The Labute approximate surface area is 100 Å². The summed E-state index contributed by atoms with van der Waals surface area (Å²) in [5.74, 6) is 0.176. The fourth-order valence-electron chi connectivity index (χ4n) is 1.61. The number of likely N-dealkylation sites (N-methyl/N-ethyl adjacent to an activating group) is 1. The summed E-state index contributed by atoms with van der Waals surface area (Å²) < 4.78 is 4.92. The van der Waals surface area contributed by atoms with Gasteiger partial charge in [-0.05, 0) is 19.4 Å². The van der Waals surface area contributed by atoms with E-state index in [0.29, 0.717) is 23.4 Å². The molecule has 0 saturated carbocycles. The van der Waals surface area contributed by atoms with Gasteiger partial charge < -0.3 is 14.6 Å². The van der Waals surface area contributed by atoms with Gasteiger partial charge >= 0.3 is 5.63 Å². The van der Waals surface area contributed by atoms with Crippen molar-refractivity contribution >= 4 is 5.91 Å². The van der Waals surface area contributed by atoms with Gasteiger partial charge in [0.05, 0.1) is 32.7 Å². The van der Waals surface area contributed by atoms with Crippen molar-refractivity contribution < 1.29 is 14.1 Å². The lowest BCUT2D eigenvalue weighted by atomic mass is 10.1. The van der Waals surface area contributed by atoms with E-state index in [1.165, 1.54) is 11.0 Å². The number of carbonyl (C=O) groups is 1. The van der Waals surface area contributed by atoms with Gasteiger partial charge in [0.1, 0.15) is 5.76 Å². The van der Waals surface area contributed by atoms with E-state index in [1.54, 1.807) is 13.8 Å². The van der Waals surface area contributed by atoms with Crippen molar-refractivity contribution in [2.75, 3.05) is 27.2 Å². The molecule has 1 aromatic heterocycles. The Morgan fingerprint density at radius 2 is 2.06 bits per heavy atom. The molecule has 0 saturated heterocycles. The maximum absolute atomic E-state index is 11.9. The normalized spacial score (nSPS) is 10.6. The second-order valence-corrected chi connectivity index (χ2v) is 4.39. The van der Waals surface area contributed by atoms with Crippen LogP contribution in [0.15, 0.2) is 15.3 Å². The predicted octanol–water partition coefficient (Wildman–Crippen LogP) is -0.869. The van der Waals surface area contributed by atoms with Gasteiger partial charge in [-0.1, -0.05) is 0 Å². The summed E-state index contributed by atoms with van der Waals surface area (Å²) in [4.78, 5) is 24.2. The van der Waals surface area contributed by atoms with E-state index in [1.807, 2.05) is 14.1 Å². The van der Waals surface area contributed by atoms with Crippen LogP contribution in [0.25, 0.3) is 0 Å². The first-order chi connectivity index (χ1) is 7.91. The summed E-state index contributed by atoms with van der Waals surface area (Å²) in [6, 6.07) is 1.33. The third-order valence-corrected chi connectivity index (χ3v) is 2.47. The van der Waals surface area contributed by atoms with E-state index in [-0.39, 0.29) is 5.91 Å². The Balaban J connectivity index is 2.79. The van der Waals surface area contributed by atoms with Crippen molar-refractivity contribution in [1.82, 2.24) is 5.32 Å². The molecule has 1 amide bonds. The smallest absolute Gasteiger partial charge is 0.336 e. The number of quaternary nitrogens is 1. The first-order valence-corrected chi connectivity index (χ1v) is 5.60. The van der Waals surface area contributed by atoms with Crippen molar-refractivity contribution in [1.29, 1.82) is 0 Å². The van der Waals surface area contributed by atoms with Gasteiger partial charge in [-0.25, -0.2) is 4.79 Å². The van der Waals surface area contributed by atoms with Crippen LogP contribution in [0, 0.1) is 13.8 Å². The number of amides is 1. The van der Waals surface area contributed by atoms with Crippen LogP contribution in [0.3, 0.4) is 0 Å². The number of aryl methyl sites for hydroxylation is 2. The molecular formula is C12H19N2O3+. The number of carbonyl (C=O) groups excluding carboxylic acids is 1. The molecule has 17 heavy (non-hydrogen) atoms. The molecule has 1 aromatic rings. The van der Waals surface area contributed by atoms with Crippen LogP contribution in [0.4, 0.5) is 0 Å². The Morgan fingerprint density at radius 1 is 1.41 bits per heavy atom. The Bertz CT molecular complexity index is 437. The second kappa shape index (κ2) is 5.63. The zero-order valence-corrected chi connectivity index (χ0v) is 10.7. The molecule has 2 N–H and O–H groups in total. The van der Waals surface area contributed by atoms with Gasteiger partial charge in [0.25, 0.3) is 5.91 Å².